The van der Waals surface area contributed by atoms with Gasteiger partial charge in [-0.2, -0.15) is 0 Å². The maximum absolute atomic E-state index is 12.7. The molecule has 1 aromatic carbocycles. The van der Waals surface area contributed by atoms with Crippen molar-refractivity contribution in [3.05, 3.63) is 35.4 Å². The fourth-order valence-electron chi connectivity index (χ4n) is 4.12. The number of likely N-dealkylation sites (tertiary alicyclic amines) is 2. The maximum Gasteiger partial charge on any atom is 0.253 e. The van der Waals surface area contributed by atoms with Crippen LogP contribution in [0.15, 0.2) is 24.3 Å². The predicted molar refractivity (Wildman–Crippen MR) is 99.8 cm³/mol. The van der Waals surface area contributed by atoms with E-state index in [2.05, 4.69) is 13.8 Å². The number of aliphatic hydroxyl groups excluding tert-OH is 1. The Bertz CT molecular complexity index is 651. The van der Waals surface area contributed by atoms with Gasteiger partial charge in [0.05, 0.1) is 12.1 Å². The van der Waals surface area contributed by atoms with Crippen LogP contribution in [0.5, 0.6) is 0 Å². The van der Waals surface area contributed by atoms with Crippen molar-refractivity contribution in [1.82, 2.24) is 9.80 Å². The van der Waals surface area contributed by atoms with E-state index in [0.29, 0.717) is 32.0 Å². The zero-order chi connectivity index (χ0) is 18.8. The normalized spacial score (nSPS) is 25.0. The largest absolute Gasteiger partial charge is 0.392 e. The highest BCUT2D eigenvalue weighted by Gasteiger charge is 2.40. The first-order valence-corrected chi connectivity index (χ1v) is 9.49. The molecule has 2 fully saturated rings. The van der Waals surface area contributed by atoms with Crippen LogP contribution in [0.4, 0.5) is 0 Å². The van der Waals surface area contributed by atoms with Gasteiger partial charge in [0.25, 0.3) is 5.91 Å². The molecule has 1 aromatic rings. The molecule has 6 nitrogen and oxygen atoms in total. The average molecular weight is 359 g/mol. The lowest BCUT2D eigenvalue weighted by molar-refractivity contribution is -0.123. The monoisotopic (exact) mass is 359 g/mol. The van der Waals surface area contributed by atoms with Crippen LogP contribution in [0.1, 0.15) is 54.9 Å². The summed E-state index contributed by atoms with van der Waals surface area (Å²) in [5.41, 5.74) is 7.43. The molecule has 2 saturated heterocycles. The number of benzene rings is 1. The third-order valence-electron chi connectivity index (χ3n) is 5.69. The molecule has 0 saturated carbocycles. The highest BCUT2D eigenvalue weighted by molar-refractivity contribution is 5.94. The van der Waals surface area contributed by atoms with Gasteiger partial charge in [0.1, 0.15) is 0 Å². The molecule has 26 heavy (non-hydrogen) atoms. The fraction of sp³-hybridized carbons (Fsp3) is 0.600. The number of aliphatic hydroxyl groups is 1. The molecule has 3 N–H and O–H groups in total. The van der Waals surface area contributed by atoms with E-state index in [0.717, 1.165) is 18.4 Å². The number of β-amino-alcohol motifs (C(OH)–C–C–N with tert-alkyl or cyclic N) is 1. The quantitative estimate of drug-likeness (QED) is 0.849. The van der Waals surface area contributed by atoms with E-state index in [9.17, 15) is 14.7 Å². The van der Waals surface area contributed by atoms with E-state index >= 15 is 0 Å². The van der Waals surface area contributed by atoms with E-state index in [4.69, 9.17) is 5.73 Å². The number of piperidine rings is 1. The number of nitrogens with zero attached hydrogens (tertiary/aromatic N) is 2. The average Bonchev–Trinajstić information content (AvgIpc) is 3.03. The van der Waals surface area contributed by atoms with Crippen molar-refractivity contribution < 1.29 is 14.7 Å². The number of carbonyl (C=O) groups excluding carboxylic acids is 2. The summed E-state index contributed by atoms with van der Waals surface area (Å²) in [6.07, 6.45) is 1.52. The van der Waals surface area contributed by atoms with Crippen molar-refractivity contribution in [1.29, 1.82) is 0 Å². The minimum atomic E-state index is -0.494. The molecule has 142 valence electrons. The van der Waals surface area contributed by atoms with Crippen LogP contribution in [0, 0.1) is 0 Å². The number of rotatable bonds is 4. The van der Waals surface area contributed by atoms with Gasteiger partial charge in [0, 0.05) is 31.2 Å². The summed E-state index contributed by atoms with van der Waals surface area (Å²) in [5.74, 6) is 0.140. The third kappa shape index (κ3) is 3.91. The van der Waals surface area contributed by atoms with Crippen molar-refractivity contribution in [3.8, 4) is 0 Å². The molecule has 0 unspecified atom stereocenters. The second-order valence-corrected chi connectivity index (χ2v) is 7.80. The van der Waals surface area contributed by atoms with E-state index in [-0.39, 0.29) is 23.9 Å². The SMILES string of the molecule is CC(C)c1ccc(C(=O)N2CCC(N3C[C@H](O)C[C@H]3C(N)=O)CC2)cc1. The second kappa shape index (κ2) is 7.76. The first kappa shape index (κ1) is 18.9. The lowest BCUT2D eigenvalue weighted by atomic mass is 9.99. The van der Waals surface area contributed by atoms with Crippen molar-refractivity contribution >= 4 is 11.8 Å². The van der Waals surface area contributed by atoms with Crippen LogP contribution in [-0.2, 0) is 4.79 Å². The lowest BCUT2D eigenvalue weighted by Gasteiger charge is -2.38. The van der Waals surface area contributed by atoms with Gasteiger partial charge < -0.3 is 15.7 Å². The molecule has 0 aliphatic carbocycles. The Morgan fingerprint density at radius 3 is 2.31 bits per heavy atom. The topological polar surface area (TPSA) is 86.9 Å². The number of nitrogens with two attached hydrogens (primary N) is 1. The standard InChI is InChI=1S/C20H29N3O3/c1-13(2)14-3-5-15(6-4-14)20(26)22-9-7-16(8-10-22)23-12-17(24)11-18(23)19(21)25/h3-6,13,16-18,24H,7-12H2,1-2H3,(H2,21,25)/t17-,18+/m1/s1. The Balaban J connectivity index is 1.59. The van der Waals surface area contributed by atoms with Gasteiger partial charge >= 0.3 is 0 Å². The summed E-state index contributed by atoms with van der Waals surface area (Å²) >= 11 is 0. The van der Waals surface area contributed by atoms with Crippen LogP contribution in [0.25, 0.3) is 0 Å². The summed E-state index contributed by atoms with van der Waals surface area (Å²) in [6.45, 7) is 6.08. The van der Waals surface area contributed by atoms with Gasteiger partial charge in [-0.3, -0.25) is 14.5 Å². The Morgan fingerprint density at radius 2 is 1.77 bits per heavy atom. The van der Waals surface area contributed by atoms with Gasteiger partial charge in [-0.25, -0.2) is 0 Å². The highest BCUT2D eigenvalue weighted by atomic mass is 16.3. The Labute approximate surface area is 155 Å². The van der Waals surface area contributed by atoms with Crippen molar-refractivity contribution in [2.75, 3.05) is 19.6 Å². The molecule has 0 aromatic heterocycles. The van der Waals surface area contributed by atoms with Crippen LogP contribution in [0.2, 0.25) is 0 Å². The number of hydrogen-bond donors (Lipinski definition) is 2. The minimum Gasteiger partial charge on any atom is -0.392 e. The summed E-state index contributed by atoms with van der Waals surface area (Å²) in [4.78, 5) is 28.3. The Hall–Kier alpha value is -1.92. The summed E-state index contributed by atoms with van der Waals surface area (Å²) in [5, 5.41) is 9.89. The molecule has 2 aliphatic heterocycles. The first-order valence-electron chi connectivity index (χ1n) is 9.49. The molecule has 6 heteroatoms. The molecule has 0 spiro atoms. The molecule has 2 heterocycles. The van der Waals surface area contributed by atoms with Crippen LogP contribution < -0.4 is 5.73 Å². The molecule has 0 bridgehead atoms. The van der Waals surface area contributed by atoms with E-state index in [1.807, 2.05) is 34.1 Å². The van der Waals surface area contributed by atoms with E-state index in [1.165, 1.54) is 5.56 Å². The van der Waals surface area contributed by atoms with E-state index < -0.39 is 6.10 Å². The zero-order valence-electron chi connectivity index (χ0n) is 15.6. The molecule has 2 amide bonds. The number of amides is 2. The Kier molecular flexibility index (Phi) is 5.63. The highest BCUT2D eigenvalue weighted by Crippen LogP contribution is 2.27. The molecule has 3 rings (SSSR count). The third-order valence-corrected chi connectivity index (χ3v) is 5.69. The zero-order valence-corrected chi connectivity index (χ0v) is 15.6. The van der Waals surface area contributed by atoms with Gasteiger partial charge in [0.2, 0.25) is 5.91 Å². The molecular weight excluding hydrogens is 330 g/mol. The van der Waals surface area contributed by atoms with Gasteiger partial charge in [-0.1, -0.05) is 26.0 Å². The van der Waals surface area contributed by atoms with Crippen molar-refractivity contribution in [2.24, 2.45) is 5.73 Å². The number of primary amides is 1. The van der Waals surface area contributed by atoms with E-state index in [1.54, 1.807) is 0 Å². The summed E-state index contributed by atoms with van der Waals surface area (Å²) < 4.78 is 0. The van der Waals surface area contributed by atoms with Crippen molar-refractivity contribution in [3.63, 3.8) is 0 Å². The molecule has 2 atom stereocenters. The minimum absolute atomic E-state index is 0.0617. The second-order valence-electron chi connectivity index (χ2n) is 7.80. The number of carbonyl (C=O) groups is 2. The van der Waals surface area contributed by atoms with Crippen LogP contribution in [-0.4, -0.2) is 64.5 Å². The van der Waals surface area contributed by atoms with Gasteiger partial charge in [-0.15, -0.1) is 0 Å². The maximum atomic E-state index is 12.7. The smallest absolute Gasteiger partial charge is 0.253 e. The lowest BCUT2D eigenvalue weighted by Crippen LogP contribution is -2.51. The fourth-order valence-corrected chi connectivity index (χ4v) is 4.12. The molecule has 2 aliphatic rings. The van der Waals surface area contributed by atoms with Gasteiger partial charge in [-0.05, 0) is 42.9 Å². The first-order chi connectivity index (χ1) is 12.4. The van der Waals surface area contributed by atoms with Crippen molar-refractivity contribution in [2.45, 2.75) is 57.2 Å². The Morgan fingerprint density at radius 1 is 1.15 bits per heavy atom. The molecule has 0 radical (unpaired) electrons. The number of hydrogen-bond acceptors (Lipinski definition) is 4. The van der Waals surface area contributed by atoms with Gasteiger partial charge in [0.15, 0.2) is 0 Å². The predicted octanol–water partition coefficient (Wildman–Crippen LogP) is 1.34. The van der Waals surface area contributed by atoms with Crippen LogP contribution in [0.3, 0.4) is 0 Å². The summed E-state index contributed by atoms with van der Waals surface area (Å²) in [7, 11) is 0. The molecular formula is C20H29N3O3. The summed E-state index contributed by atoms with van der Waals surface area (Å²) in [6, 6.07) is 7.66. The van der Waals surface area contributed by atoms with Crippen LogP contribution >= 0.6 is 0 Å².